The molecule has 2 aromatic rings. The molecule has 0 aliphatic rings. The highest BCUT2D eigenvalue weighted by Gasteiger charge is 2.04. The molecule has 1 aromatic heterocycles. The molecule has 0 atom stereocenters. The zero-order valence-corrected chi connectivity index (χ0v) is 11.1. The number of aromatic nitrogens is 1. The molecule has 4 heteroatoms. The lowest BCUT2D eigenvalue weighted by Crippen LogP contribution is -1.93. The summed E-state index contributed by atoms with van der Waals surface area (Å²) in [6.07, 6.45) is 0.864. The van der Waals surface area contributed by atoms with Gasteiger partial charge in [0.25, 0.3) is 0 Å². The highest BCUT2D eigenvalue weighted by molar-refractivity contribution is 7.13. The molecule has 0 spiro atoms. The van der Waals surface area contributed by atoms with Gasteiger partial charge in [0.1, 0.15) is 5.75 Å². The number of ether oxygens (including phenoxy) is 1. The summed E-state index contributed by atoms with van der Waals surface area (Å²) in [5, 5.41) is 6.10. The van der Waals surface area contributed by atoms with Gasteiger partial charge in [-0.25, -0.2) is 4.98 Å². The zero-order chi connectivity index (χ0) is 12.3. The molecule has 0 saturated carbocycles. The summed E-state index contributed by atoms with van der Waals surface area (Å²) in [4.78, 5) is 4.47. The SMILES string of the molecule is CNc1nc(Cc2ccc(OC)c(C)c2)cs1. The topological polar surface area (TPSA) is 34.2 Å². The fourth-order valence-corrected chi connectivity index (χ4v) is 2.43. The van der Waals surface area contributed by atoms with Crippen LogP contribution >= 0.6 is 11.3 Å². The molecule has 0 bridgehead atoms. The first kappa shape index (κ1) is 11.9. The first-order chi connectivity index (χ1) is 8.22. The minimum absolute atomic E-state index is 0.864. The van der Waals surface area contributed by atoms with Crippen molar-refractivity contribution in [2.24, 2.45) is 0 Å². The number of anilines is 1. The number of nitrogens with zero attached hydrogens (tertiary/aromatic N) is 1. The van der Waals surface area contributed by atoms with Gasteiger partial charge in [0.05, 0.1) is 12.8 Å². The predicted molar refractivity (Wildman–Crippen MR) is 72.2 cm³/mol. The van der Waals surface area contributed by atoms with Gasteiger partial charge in [-0.15, -0.1) is 11.3 Å². The minimum Gasteiger partial charge on any atom is -0.496 e. The molecule has 0 aliphatic heterocycles. The van der Waals surface area contributed by atoms with Crippen LogP contribution in [0.2, 0.25) is 0 Å². The average molecular weight is 248 g/mol. The average Bonchev–Trinajstić information content (AvgIpc) is 2.77. The molecule has 0 fully saturated rings. The van der Waals surface area contributed by atoms with Gasteiger partial charge in [0, 0.05) is 18.8 Å². The van der Waals surface area contributed by atoms with Gasteiger partial charge in [-0.3, -0.25) is 0 Å². The number of rotatable bonds is 4. The molecule has 2 rings (SSSR count). The van der Waals surface area contributed by atoms with Crippen molar-refractivity contribution in [2.75, 3.05) is 19.5 Å². The number of hydrogen-bond donors (Lipinski definition) is 1. The lowest BCUT2D eigenvalue weighted by Gasteiger charge is -2.06. The van der Waals surface area contributed by atoms with E-state index in [2.05, 4.69) is 34.7 Å². The summed E-state index contributed by atoms with van der Waals surface area (Å²) in [5.74, 6) is 0.933. The Labute approximate surface area is 105 Å². The zero-order valence-electron chi connectivity index (χ0n) is 10.3. The fraction of sp³-hybridized carbons (Fsp3) is 0.308. The van der Waals surface area contributed by atoms with E-state index in [9.17, 15) is 0 Å². The van der Waals surface area contributed by atoms with E-state index < -0.39 is 0 Å². The van der Waals surface area contributed by atoms with Crippen molar-refractivity contribution in [3.05, 3.63) is 40.4 Å². The van der Waals surface area contributed by atoms with Crippen LogP contribution < -0.4 is 10.1 Å². The Bertz CT molecular complexity index is 508. The van der Waals surface area contributed by atoms with Crippen LogP contribution in [0.5, 0.6) is 5.75 Å². The maximum atomic E-state index is 5.25. The quantitative estimate of drug-likeness (QED) is 0.902. The summed E-state index contributed by atoms with van der Waals surface area (Å²) in [6.45, 7) is 2.06. The predicted octanol–water partition coefficient (Wildman–Crippen LogP) is 3.09. The Morgan fingerprint density at radius 1 is 1.41 bits per heavy atom. The van der Waals surface area contributed by atoms with Crippen molar-refractivity contribution < 1.29 is 4.74 Å². The number of hydrogen-bond acceptors (Lipinski definition) is 4. The first-order valence-corrected chi connectivity index (χ1v) is 6.36. The van der Waals surface area contributed by atoms with Crippen molar-refractivity contribution in [1.29, 1.82) is 0 Å². The summed E-state index contributed by atoms with van der Waals surface area (Å²) in [6, 6.07) is 6.25. The number of methoxy groups -OCH3 is 1. The molecular weight excluding hydrogens is 232 g/mol. The molecule has 90 valence electrons. The largest absolute Gasteiger partial charge is 0.496 e. The fourth-order valence-electron chi connectivity index (χ4n) is 1.76. The van der Waals surface area contributed by atoms with Crippen LogP contribution in [0.4, 0.5) is 5.13 Å². The van der Waals surface area contributed by atoms with E-state index in [1.165, 1.54) is 5.56 Å². The molecule has 0 amide bonds. The van der Waals surface area contributed by atoms with Crippen molar-refractivity contribution in [3.8, 4) is 5.75 Å². The van der Waals surface area contributed by atoms with Crippen LogP contribution in [-0.4, -0.2) is 19.1 Å². The lowest BCUT2D eigenvalue weighted by molar-refractivity contribution is 0.411. The highest BCUT2D eigenvalue weighted by atomic mass is 32.1. The first-order valence-electron chi connectivity index (χ1n) is 5.48. The molecule has 3 nitrogen and oxygen atoms in total. The summed E-state index contributed by atoms with van der Waals surface area (Å²) in [7, 11) is 3.59. The van der Waals surface area contributed by atoms with E-state index in [4.69, 9.17) is 4.74 Å². The normalized spacial score (nSPS) is 10.3. The third-order valence-electron chi connectivity index (χ3n) is 2.61. The van der Waals surface area contributed by atoms with Crippen molar-refractivity contribution in [3.63, 3.8) is 0 Å². The smallest absolute Gasteiger partial charge is 0.182 e. The molecule has 0 unspecified atom stereocenters. The molecule has 17 heavy (non-hydrogen) atoms. The van der Waals surface area contributed by atoms with Crippen LogP contribution in [0.1, 0.15) is 16.8 Å². The number of thiazole rings is 1. The summed E-state index contributed by atoms with van der Waals surface area (Å²) < 4.78 is 5.25. The summed E-state index contributed by atoms with van der Waals surface area (Å²) >= 11 is 1.63. The molecule has 1 aromatic carbocycles. The van der Waals surface area contributed by atoms with Crippen molar-refractivity contribution >= 4 is 16.5 Å². The van der Waals surface area contributed by atoms with Gasteiger partial charge in [-0.05, 0) is 24.1 Å². The van der Waals surface area contributed by atoms with E-state index in [1.54, 1.807) is 18.4 Å². The third kappa shape index (κ3) is 2.77. The summed E-state index contributed by atoms with van der Waals surface area (Å²) in [5.41, 5.74) is 3.52. The highest BCUT2D eigenvalue weighted by Crippen LogP contribution is 2.22. The Hall–Kier alpha value is -1.55. The lowest BCUT2D eigenvalue weighted by atomic mass is 10.1. The van der Waals surface area contributed by atoms with Crippen LogP contribution in [0.15, 0.2) is 23.6 Å². The number of benzene rings is 1. The Morgan fingerprint density at radius 2 is 2.24 bits per heavy atom. The van der Waals surface area contributed by atoms with Gasteiger partial charge in [-0.2, -0.15) is 0 Å². The number of nitrogens with one attached hydrogen (secondary N) is 1. The molecule has 0 saturated heterocycles. The second kappa shape index (κ2) is 5.19. The molecule has 0 radical (unpaired) electrons. The van der Waals surface area contributed by atoms with E-state index in [-0.39, 0.29) is 0 Å². The second-order valence-electron chi connectivity index (χ2n) is 3.87. The Morgan fingerprint density at radius 3 is 2.82 bits per heavy atom. The monoisotopic (exact) mass is 248 g/mol. The van der Waals surface area contributed by atoms with E-state index >= 15 is 0 Å². The maximum Gasteiger partial charge on any atom is 0.182 e. The van der Waals surface area contributed by atoms with Gasteiger partial charge in [0.15, 0.2) is 5.13 Å². The standard InChI is InChI=1S/C13H16N2OS/c1-9-6-10(4-5-12(9)16-3)7-11-8-17-13(14-2)15-11/h4-6,8H,7H2,1-3H3,(H,14,15). The minimum atomic E-state index is 0.864. The third-order valence-corrected chi connectivity index (χ3v) is 3.52. The molecular formula is C13H16N2OS. The van der Waals surface area contributed by atoms with Crippen LogP contribution in [0, 0.1) is 6.92 Å². The number of aryl methyl sites for hydroxylation is 1. The van der Waals surface area contributed by atoms with Crippen LogP contribution in [0.25, 0.3) is 0 Å². The maximum absolute atomic E-state index is 5.25. The molecule has 0 aliphatic carbocycles. The Kier molecular flexibility index (Phi) is 3.64. The van der Waals surface area contributed by atoms with Crippen molar-refractivity contribution in [2.45, 2.75) is 13.3 Å². The van der Waals surface area contributed by atoms with E-state index in [1.807, 2.05) is 13.1 Å². The molecule has 1 heterocycles. The van der Waals surface area contributed by atoms with Crippen LogP contribution in [0.3, 0.4) is 0 Å². The molecule has 1 N–H and O–H groups in total. The van der Waals surface area contributed by atoms with Gasteiger partial charge < -0.3 is 10.1 Å². The van der Waals surface area contributed by atoms with E-state index in [0.29, 0.717) is 0 Å². The van der Waals surface area contributed by atoms with Gasteiger partial charge in [0.2, 0.25) is 0 Å². The van der Waals surface area contributed by atoms with Gasteiger partial charge in [-0.1, -0.05) is 12.1 Å². The second-order valence-corrected chi connectivity index (χ2v) is 4.73. The van der Waals surface area contributed by atoms with Crippen molar-refractivity contribution in [1.82, 2.24) is 4.98 Å². The van der Waals surface area contributed by atoms with Crippen LogP contribution in [-0.2, 0) is 6.42 Å². The Balaban J connectivity index is 2.15. The van der Waals surface area contributed by atoms with Gasteiger partial charge >= 0.3 is 0 Å². The van der Waals surface area contributed by atoms with E-state index in [0.717, 1.165) is 28.6 Å².